The van der Waals surface area contributed by atoms with E-state index in [-0.39, 0.29) is 0 Å². The largest absolute Gasteiger partial charge is 0.473 e. The van der Waals surface area contributed by atoms with Crippen LogP contribution in [-0.4, -0.2) is 23.1 Å². The average Bonchev–Trinajstić information content (AvgIpc) is 2.29. The molecule has 0 saturated heterocycles. The number of anilines is 1. The highest BCUT2D eigenvalue weighted by Crippen LogP contribution is 2.29. The summed E-state index contributed by atoms with van der Waals surface area (Å²) in [5.74, 6) is 1.86. The zero-order valence-electron chi connectivity index (χ0n) is 11.0. The molecule has 0 fully saturated rings. The second-order valence-electron chi connectivity index (χ2n) is 4.01. The lowest BCUT2D eigenvalue weighted by atomic mass is 10.1. The molecule has 0 amide bonds. The van der Waals surface area contributed by atoms with E-state index in [2.05, 4.69) is 29.1 Å². The van der Waals surface area contributed by atoms with Crippen LogP contribution in [0.25, 0.3) is 0 Å². The molecule has 1 heterocycles. The number of rotatable bonds is 6. The van der Waals surface area contributed by atoms with Crippen LogP contribution in [-0.2, 0) is 0 Å². The lowest BCUT2D eigenvalue weighted by Gasteiger charge is -2.15. The van der Waals surface area contributed by atoms with Gasteiger partial charge in [0.1, 0.15) is 18.8 Å². The van der Waals surface area contributed by atoms with Crippen LogP contribution in [0.1, 0.15) is 39.2 Å². The number of hydrogen-bond donors (Lipinski definition) is 1. The van der Waals surface area contributed by atoms with Gasteiger partial charge in [0.25, 0.3) is 0 Å². The second-order valence-corrected chi connectivity index (χ2v) is 4.01. The second kappa shape index (κ2) is 6.89. The van der Waals surface area contributed by atoms with Gasteiger partial charge in [0.05, 0.1) is 5.56 Å². The molecule has 1 rings (SSSR count). The Morgan fingerprint density at radius 2 is 2.18 bits per heavy atom. The van der Waals surface area contributed by atoms with Gasteiger partial charge in [0, 0.05) is 6.54 Å². The molecule has 1 aromatic heterocycles. The fourth-order valence-corrected chi connectivity index (χ4v) is 1.55. The summed E-state index contributed by atoms with van der Waals surface area (Å²) in [6.45, 7) is 9.62. The fraction of sp³-hybridized carbons (Fsp3) is 0.538. The van der Waals surface area contributed by atoms with E-state index in [4.69, 9.17) is 4.74 Å². The minimum Gasteiger partial charge on any atom is -0.473 e. The lowest BCUT2D eigenvalue weighted by molar-refractivity contribution is 0.341. The van der Waals surface area contributed by atoms with Gasteiger partial charge >= 0.3 is 0 Å². The molecule has 0 saturated carbocycles. The molecule has 0 radical (unpaired) electrons. The maximum atomic E-state index is 5.65. The van der Waals surface area contributed by atoms with Crippen LogP contribution in [0.4, 0.5) is 5.82 Å². The van der Waals surface area contributed by atoms with Gasteiger partial charge in [-0.25, -0.2) is 9.97 Å². The molecule has 0 aliphatic rings. The predicted octanol–water partition coefficient (Wildman–Crippen LogP) is 2.99. The van der Waals surface area contributed by atoms with Crippen molar-refractivity contribution in [2.24, 2.45) is 0 Å². The SMILES string of the molecule is C/C=C/COc1ncnc(NCC)c1C(C)C. The lowest BCUT2D eigenvalue weighted by Crippen LogP contribution is -2.09. The zero-order valence-corrected chi connectivity index (χ0v) is 11.0. The van der Waals surface area contributed by atoms with E-state index >= 15 is 0 Å². The van der Waals surface area contributed by atoms with Crippen LogP contribution >= 0.6 is 0 Å². The number of ether oxygens (including phenoxy) is 1. The number of allylic oxidation sites excluding steroid dienone is 1. The first kappa shape index (κ1) is 13.5. The Hall–Kier alpha value is -1.58. The predicted molar refractivity (Wildman–Crippen MR) is 70.6 cm³/mol. The van der Waals surface area contributed by atoms with Crippen molar-refractivity contribution in [3.63, 3.8) is 0 Å². The molecule has 0 bridgehead atoms. The van der Waals surface area contributed by atoms with E-state index in [1.807, 2.05) is 26.0 Å². The van der Waals surface area contributed by atoms with Gasteiger partial charge in [-0.1, -0.05) is 26.0 Å². The van der Waals surface area contributed by atoms with E-state index in [0.717, 1.165) is 17.9 Å². The number of hydrogen-bond acceptors (Lipinski definition) is 4. The van der Waals surface area contributed by atoms with Crippen molar-refractivity contribution >= 4 is 5.82 Å². The van der Waals surface area contributed by atoms with Crippen LogP contribution in [0.3, 0.4) is 0 Å². The fourth-order valence-electron chi connectivity index (χ4n) is 1.55. The van der Waals surface area contributed by atoms with Gasteiger partial charge in [-0.3, -0.25) is 0 Å². The molecule has 17 heavy (non-hydrogen) atoms. The van der Waals surface area contributed by atoms with Gasteiger partial charge < -0.3 is 10.1 Å². The van der Waals surface area contributed by atoms with Gasteiger partial charge in [0.2, 0.25) is 5.88 Å². The van der Waals surface area contributed by atoms with Crippen molar-refractivity contribution in [1.29, 1.82) is 0 Å². The summed E-state index contributed by atoms with van der Waals surface area (Å²) in [7, 11) is 0. The molecule has 1 N–H and O–H groups in total. The topological polar surface area (TPSA) is 47.0 Å². The third-order valence-corrected chi connectivity index (χ3v) is 2.32. The van der Waals surface area contributed by atoms with Crippen LogP contribution in [0.15, 0.2) is 18.5 Å². The molecule has 0 aliphatic heterocycles. The summed E-state index contributed by atoms with van der Waals surface area (Å²) >= 11 is 0. The molecule has 94 valence electrons. The maximum absolute atomic E-state index is 5.65. The van der Waals surface area contributed by atoms with E-state index in [1.54, 1.807) is 0 Å². The Morgan fingerprint density at radius 1 is 1.41 bits per heavy atom. The molecule has 0 spiro atoms. The molecular weight excluding hydrogens is 214 g/mol. The Morgan fingerprint density at radius 3 is 2.76 bits per heavy atom. The van der Waals surface area contributed by atoms with Crippen LogP contribution in [0.2, 0.25) is 0 Å². The van der Waals surface area contributed by atoms with Crippen molar-refractivity contribution in [1.82, 2.24) is 9.97 Å². The number of aromatic nitrogens is 2. The number of nitrogens with one attached hydrogen (secondary N) is 1. The molecule has 4 heteroatoms. The minimum absolute atomic E-state index is 0.325. The first-order chi connectivity index (χ1) is 8.20. The Bertz CT molecular complexity index is 375. The summed E-state index contributed by atoms with van der Waals surface area (Å²) in [6, 6.07) is 0. The van der Waals surface area contributed by atoms with Crippen molar-refractivity contribution in [3.8, 4) is 5.88 Å². The third kappa shape index (κ3) is 3.73. The van der Waals surface area contributed by atoms with Crippen LogP contribution in [0.5, 0.6) is 5.88 Å². The number of nitrogens with zero attached hydrogens (tertiary/aromatic N) is 2. The van der Waals surface area contributed by atoms with E-state index in [9.17, 15) is 0 Å². The Kier molecular flexibility index (Phi) is 5.46. The first-order valence-electron chi connectivity index (χ1n) is 6.03. The molecule has 4 nitrogen and oxygen atoms in total. The summed E-state index contributed by atoms with van der Waals surface area (Å²) in [5, 5.41) is 3.24. The highest BCUT2D eigenvalue weighted by Gasteiger charge is 2.15. The average molecular weight is 235 g/mol. The van der Waals surface area contributed by atoms with E-state index < -0.39 is 0 Å². The van der Waals surface area contributed by atoms with Crippen LogP contribution < -0.4 is 10.1 Å². The van der Waals surface area contributed by atoms with E-state index in [1.165, 1.54) is 6.33 Å². The van der Waals surface area contributed by atoms with Crippen molar-refractivity contribution in [3.05, 3.63) is 24.0 Å². The molecule has 1 aromatic rings. The summed E-state index contributed by atoms with van der Waals surface area (Å²) in [5.41, 5.74) is 1.04. The minimum atomic E-state index is 0.325. The highest BCUT2D eigenvalue weighted by atomic mass is 16.5. The summed E-state index contributed by atoms with van der Waals surface area (Å²) in [4.78, 5) is 8.47. The van der Waals surface area contributed by atoms with Gasteiger partial charge in [-0.15, -0.1) is 0 Å². The summed E-state index contributed by atoms with van der Waals surface area (Å²) in [6.07, 6.45) is 5.45. The van der Waals surface area contributed by atoms with E-state index in [0.29, 0.717) is 18.4 Å². The first-order valence-corrected chi connectivity index (χ1v) is 6.03. The summed E-state index contributed by atoms with van der Waals surface area (Å²) < 4.78 is 5.65. The molecule has 0 aromatic carbocycles. The molecule has 0 aliphatic carbocycles. The molecule has 0 atom stereocenters. The van der Waals surface area contributed by atoms with Gasteiger partial charge in [-0.2, -0.15) is 0 Å². The van der Waals surface area contributed by atoms with Crippen molar-refractivity contribution in [2.75, 3.05) is 18.5 Å². The standard InChI is InChI=1S/C13H21N3O/c1-5-7-8-17-13-11(10(3)4)12(14-6-2)15-9-16-13/h5,7,9-10H,6,8H2,1-4H3,(H,14,15,16)/b7-5+. The van der Waals surface area contributed by atoms with Gasteiger partial charge in [0.15, 0.2) is 0 Å². The molecular formula is C13H21N3O. The monoisotopic (exact) mass is 235 g/mol. The molecule has 0 unspecified atom stereocenters. The zero-order chi connectivity index (χ0) is 12.7. The Balaban J connectivity index is 2.97. The normalized spacial score (nSPS) is 11.1. The smallest absolute Gasteiger partial charge is 0.222 e. The third-order valence-electron chi connectivity index (χ3n) is 2.32. The Labute approximate surface area is 103 Å². The van der Waals surface area contributed by atoms with Gasteiger partial charge in [-0.05, 0) is 19.8 Å². The quantitative estimate of drug-likeness (QED) is 0.770. The maximum Gasteiger partial charge on any atom is 0.222 e. The van der Waals surface area contributed by atoms with Crippen molar-refractivity contribution < 1.29 is 4.74 Å². The van der Waals surface area contributed by atoms with Crippen molar-refractivity contribution in [2.45, 2.75) is 33.6 Å². The van der Waals surface area contributed by atoms with Crippen LogP contribution in [0, 0.1) is 0 Å². The highest BCUT2D eigenvalue weighted by molar-refractivity contribution is 5.50.